The molecule has 14 heteroatoms. The fourth-order valence-electron chi connectivity index (χ4n) is 5.50. The number of hydrogen-bond donors (Lipinski definition) is 1. The third kappa shape index (κ3) is 5.32. The van der Waals surface area contributed by atoms with Crippen LogP contribution in [0, 0.1) is 17.6 Å². The number of carbonyl (C=O) groups is 2. The van der Waals surface area contributed by atoms with Crippen molar-refractivity contribution in [3.63, 3.8) is 0 Å². The van der Waals surface area contributed by atoms with Gasteiger partial charge in [-0.25, -0.2) is 23.7 Å². The minimum absolute atomic E-state index is 0.00619. The molecular formula is C31H23F4N7O3. The number of primary amides is 1. The molecule has 45 heavy (non-hydrogen) atoms. The number of hydrogen-bond acceptors (Lipinski definition) is 7. The SMILES string of the molecule is NC(=O)c1c(CC2CC2)nc2c(ccn2Cc2ccc(F)cn2)c1-c1ccc2c(c1)OC(F)(F)C(=O)N2Cc1ncc(F)cn1. The molecule has 1 aliphatic heterocycles. The Balaban J connectivity index is 1.37. The number of nitrogens with two attached hydrogens (primary N) is 1. The summed E-state index contributed by atoms with van der Waals surface area (Å²) in [5.41, 5.74) is 8.31. The van der Waals surface area contributed by atoms with Crippen molar-refractivity contribution in [2.75, 3.05) is 4.90 Å². The minimum atomic E-state index is -4.23. The van der Waals surface area contributed by atoms with Crippen LogP contribution in [0.5, 0.6) is 5.75 Å². The molecule has 1 aromatic carbocycles. The van der Waals surface area contributed by atoms with E-state index in [1.165, 1.54) is 18.2 Å². The molecule has 0 unspecified atom stereocenters. The summed E-state index contributed by atoms with van der Waals surface area (Å²) in [5.74, 6) is -3.65. The summed E-state index contributed by atoms with van der Waals surface area (Å²) in [6.07, 6.45) is 2.79. The monoisotopic (exact) mass is 617 g/mol. The lowest BCUT2D eigenvalue weighted by molar-refractivity contribution is -0.193. The number of ether oxygens (including phenoxy) is 1. The fraction of sp³-hybridized carbons (Fsp3) is 0.226. The first kappa shape index (κ1) is 28.4. The van der Waals surface area contributed by atoms with E-state index >= 15 is 0 Å². The topological polar surface area (TPSA) is 129 Å². The molecule has 2 N–H and O–H groups in total. The van der Waals surface area contributed by atoms with E-state index in [0.717, 1.165) is 36.3 Å². The molecule has 0 saturated heterocycles. The van der Waals surface area contributed by atoms with E-state index in [1.807, 2.05) is 0 Å². The van der Waals surface area contributed by atoms with Crippen LogP contribution >= 0.6 is 0 Å². The number of amides is 2. The summed E-state index contributed by atoms with van der Waals surface area (Å²) in [4.78, 5) is 43.0. The predicted molar refractivity (Wildman–Crippen MR) is 152 cm³/mol. The number of fused-ring (bicyclic) bond motifs is 2. The van der Waals surface area contributed by atoms with Gasteiger partial charge >= 0.3 is 12.0 Å². The van der Waals surface area contributed by atoms with E-state index in [-0.39, 0.29) is 29.4 Å². The maximum Gasteiger partial charge on any atom is 0.482 e. The second kappa shape index (κ2) is 10.6. The number of halogens is 4. The fourth-order valence-corrected chi connectivity index (χ4v) is 5.50. The molecule has 7 rings (SSSR count). The third-order valence-corrected chi connectivity index (χ3v) is 7.77. The van der Waals surface area contributed by atoms with Crippen LogP contribution in [0.3, 0.4) is 0 Å². The number of aromatic nitrogens is 5. The van der Waals surface area contributed by atoms with Crippen LogP contribution in [0.4, 0.5) is 23.2 Å². The predicted octanol–water partition coefficient (Wildman–Crippen LogP) is 4.78. The average molecular weight is 618 g/mol. The van der Waals surface area contributed by atoms with E-state index < -0.39 is 36.1 Å². The van der Waals surface area contributed by atoms with Crippen LogP contribution in [-0.4, -0.2) is 42.4 Å². The van der Waals surface area contributed by atoms with Gasteiger partial charge in [0, 0.05) is 17.1 Å². The van der Waals surface area contributed by atoms with Gasteiger partial charge in [0.05, 0.1) is 54.3 Å². The van der Waals surface area contributed by atoms with Crippen LogP contribution in [0.2, 0.25) is 0 Å². The van der Waals surface area contributed by atoms with Crippen LogP contribution < -0.4 is 15.4 Å². The van der Waals surface area contributed by atoms with Crippen LogP contribution in [0.15, 0.2) is 61.2 Å². The molecule has 0 bridgehead atoms. The number of pyridine rings is 2. The molecule has 228 valence electrons. The number of anilines is 1. The van der Waals surface area contributed by atoms with Gasteiger partial charge in [-0.3, -0.25) is 19.5 Å². The summed E-state index contributed by atoms with van der Waals surface area (Å²) < 4.78 is 63.3. The molecule has 0 atom stereocenters. The van der Waals surface area contributed by atoms with Gasteiger partial charge in [-0.15, -0.1) is 0 Å². The van der Waals surface area contributed by atoms with Gasteiger partial charge in [-0.05, 0) is 61.1 Å². The zero-order valence-electron chi connectivity index (χ0n) is 23.4. The number of rotatable bonds is 8. The highest BCUT2D eigenvalue weighted by molar-refractivity contribution is 6.09. The van der Waals surface area contributed by atoms with Crippen molar-refractivity contribution in [1.29, 1.82) is 0 Å². The number of alkyl halides is 2. The summed E-state index contributed by atoms with van der Waals surface area (Å²) in [7, 11) is 0. The lowest BCUT2D eigenvalue weighted by Gasteiger charge is -2.33. The zero-order valence-corrected chi connectivity index (χ0v) is 23.4. The molecule has 2 amide bonds. The van der Waals surface area contributed by atoms with Crippen molar-refractivity contribution in [2.45, 2.75) is 38.5 Å². The molecule has 5 aromatic rings. The van der Waals surface area contributed by atoms with Gasteiger partial charge in [-0.2, -0.15) is 8.78 Å². The molecule has 10 nitrogen and oxygen atoms in total. The first-order chi connectivity index (χ1) is 21.6. The standard InChI is InChI=1S/C31H23F4N7O3/c32-18-4-5-20(37-11-18)14-41-8-7-21-26(27(28(36)43)22(40-29(21)41)9-16-1-2-16)17-3-6-23-24(10-17)45-31(34,35)30(44)42(23)15-25-38-12-19(33)13-39-25/h3-8,10-13,16H,1-2,9,14-15H2,(H2,36,43). The van der Waals surface area contributed by atoms with Crippen molar-refractivity contribution in [3.8, 4) is 16.9 Å². The van der Waals surface area contributed by atoms with E-state index in [9.17, 15) is 27.2 Å². The summed E-state index contributed by atoms with van der Waals surface area (Å²) in [6, 6.07) is 8.88. The van der Waals surface area contributed by atoms with E-state index in [4.69, 9.17) is 15.5 Å². The van der Waals surface area contributed by atoms with E-state index in [2.05, 4.69) is 15.0 Å². The highest BCUT2D eigenvalue weighted by Crippen LogP contribution is 2.45. The Kier molecular flexibility index (Phi) is 6.71. The third-order valence-electron chi connectivity index (χ3n) is 7.77. The average Bonchev–Trinajstić information content (AvgIpc) is 3.74. The lowest BCUT2D eigenvalue weighted by atomic mass is 9.93. The molecule has 1 fully saturated rings. The maximum absolute atomic E-state index is 14.9. The van der Waals surface area contributed by atoms with Crippen LogP contribution in [-0.2, 0) is 24.3 Å². The van der Waals surface area contributed by atoms with Gasteiger partial charge in [0.25, 0.3) is 5.91 Å². The Bertz CT molecular complexity index is 1980. The largest absolute Gasteiger partial charge is 0.482 e. The molecule has 1 saturated carbocycles. The first-order valence-electron chi connectivity index (χ1n) is 14.0. The molecule has 0 radical (unpaired) electrons. The van der Waals surface area contributed by atoms with Crippen LogP contribution in [0.1, 0.15) is 40.4 Å². The Morgan fingerprint density at radius 2 is 1.76 bits per heavy atom. The molecule has 2 aliphatic rings. The lowest BCUT2D eigenvalue weighted by Crippen LogP contribution is -2.50. The van der Waals surface area contributed by atoms with E-state index in [0.29, 0.717) is 45.9 Å². The molecule has 0 spiro atoms. The Hall–Kier alpha value is -5.40. The Morgan fingerprint density at radius 3 is 2.44 bits per heavy atom. The highest BCUT2D eigenvalue weighted by Gasteiger charge is 2.51. The maximum atomic E-state index is 14.9. The summed E-state index contributed by atoms with van der Waals surface area (Å²) in [5, 5.41) is 0.514. The van der Waals surface area contributed by atoms with Gasteiger partial charge in [0.2, 0.25) is 0 Å². The molecule has 1 aliphatic carbocycles. The number of nitrogens with zero attached hydrogens (tertiary/aromatic N) is 6. The van der Waals surface area contributed by atoms with Gasteiger partial charge in [0.1, 0.15) is 17.3 Å². The van der Waals surface area contributed by atoms with Gasteiger partial charge in [-0.1, -0.05) is 6.07 Å². The van der Waals surface area contributed by atoms with Crippen molar-refractivity contribution in [1.82, 2.24) is 24.5 Å². The highest BCUT2D eigenvalue weighted by atomic mass is 19.3. The normalized spacial score (nSPS) is 15.6. The van der Waals surface area contributed by atoms with Gasteiger partial charge in [0.15, 0.2) is 11.6 Å². The molecular weight excluding hydrogens is 594 g/mol. The quantitative estimate of drug-likeness (QED) is 0.248. The summed E-state index contributed by atoms with van der Waals surface area (Å²) in [6.45, 7) is -0.223. The second-order valence-corrected chi connectivity index (χ2v) is 11.0. The van der Waals surface area contributed by atoms with Crippen molar-refractivity contribution >= 4 is 28.5 Å². The number of benzene rings is 1. The summed E-state index contributed by atoms with van der Waals surface area (Å²) >= 11 is 0. The molecule has 5 heterocycles. The minimum Gasteiger partial charge on any atom is -0.423 e. The van der Waals surface area contributed by atoms with Crippen molar-refractivity contribution in [3.05, 3.63) is 95.6 Å². The zero-order chi connectivity index (χ0) is 31.5. The van der Waals surface area contributed by atoms with E-state index in [1.54, 1.807) is 29.0 Å². The Morgan fingerprint density at radius 1 is 1.00 bits per heavy atom. The van der Waals surface area contributed by atoms with Crippen molar-refractivity contribution in [2.24, 2.45) is 11.7 Å². The smallest absolute Gasteiger partial charge is 0.423 e. The first-order valence-corrected chi connectivity index (χ1v) is 14.0. The Labute approximate surface area is 252 Å². The molecule has 4 aromatic heterocycles. The van der Waals surface area contributed by atoms with Crippen molar-refractivity contribution < 1.29 is 31.9 Å². The van der Waals surface area contributed by atoms with Crippen LogP contribution in [0.25, 0.3) is 22.2 Å². The van der Waals surface area contributed by atoms with Gasteiger partial charge < -0.3 is 15.0 Å². The number of carbonyl (C=O) groups excluding carboxylic acids is 2. The second-order valence-electron chi connectivity index (χ2n) is 11.0.